The van der Waals surface area contributed by atoms with Gasteiger partial charge in [-0.05, 0) is 107 Å². The number of carbonyl (C=O) groups is 9. The van der Waals surface area contributed by atoms with Crippen molar-refractivity contribution in [3.63, 3.8) is 0 Å². The molecule has 8 amide bonds. The monoisotopic (exact) mass is 1060 g/mol. The lowest BCUT2D eigenvalue weighted by Gasteiger charge is -2.41. The molecule has 3 rings (SSSR count). The van der Waals surface area contributed by atoms with Gasteiger partial charge in [0.2, 0.25) is 41.4 Å². The van der Waals surface area contributed by atoms with Gasteiger partial charge in [0.1, 0.15) is 36.3 Å². The molecule has 0 aliphatic carbocycles. The normalized spacial score (nSPS) is 30.5. The first-order valence-electron chi connectivity index (χ1n) is 28.0. The fourth-order valence-electron chi connectivity index (χ4n) is 11.8. The zero-order chi connectivity index (χ0) is 57.1. The average Bonchev–Trinajstić information content (AvgIpc) is 3.82. The lowest BCUT2D eigenvalue weighted by Crippen LogP contribution is -2.64. The molecule has 0 aromatic rings. The summed E-state index contributed by atoms with van der Waals surface area (Å²) in [5.74, 6) is -7.23. The molecule has 428 valence electrons. The van der Waals surface area contributed by atoms with Crippen LogP contribution in [0.5, 0.6) is 0 Å². The predicted molar refractivity (Wildman–Crippen MR) is 287 cm³/mol. The highest BCUT2D eigenvalue weighted by atomic mass is 16.6. The van der Waals surface area contributed by atoms with Crippen LogP contribution in [0.15, 0.2) is 0 Å². The van der Waals surface area contributed by atoms with Crippen molar-refractivity contribution < 1.29 is 53.0 Å². The summed E-state index contributed by atoms with van der Waals surface area (Å²) in [5.41, 5.74) is -1.94. The molecule has 75 heavy (non-hydrogen) atoms. The number of hydrogen-bond acceptors (Lipinski definition) is 11. The Kier molecular flexibility index (Phi) is 24.1. The number of ether oxygens (including phenoxy) is 1. The lowest BCUT2D eigenvalue weighted by atomic mass is 9.83. The molecule has 3 unspecified atom stereocenters. The maximum Gasteiger partial charge on any atom is 0.332 e. The molecule has 3 fully saturated rings. The average molecular weight is 1060 g/mol. The molecule has 19 nitrogen and oxygen atoms in total. The van der Waals surface area contributed by atoms with Crippen LogP contribution in [0.25, 0.3) is 0 Å². The number of likely N-dealkylation sites (N-methyl/N-ethyl adjacent to an activating group) is 4. The fraction of sp³-hybridized carbons (Fsp3) is 0.839. The Morgan fingerprint density at radius 2 is 1.27 bits per heavy atom. The number of amides is 8. The van der Waals surface area contributed by atoms with E-state index in [9.17, 15) is 48.3 Å². The van der Waals surface area contributed by atoms with Crippen LogP contribution in [0.4, 0.5) is 0 Å². The Bertz CT molecular complexity index is 2010. The first-order valence-corrected chi connectivity index (χ1v) is 28.0. The molecule has 0 aromatic carbocycles. The van der Waals surface area contributed by atoms with E-state index in [1.54, 1.807) is 20.8 Å². The highest BCUT2D eigenvalue weighted by Gasteiger charge is 2.48. The minimum Gasteiger partial charge on any atom is -0.450 e. The summed E-state index contributed by atoms with van der Waals surface area (Å²) in [6.45, 7) is 25.5. The second-order valence-electron chi connectivity index (χ2n) is 24.2. The van der Waals surface area contributed by atoms with Crippen LogP contribution in [0.1, 0.15) is 161 Å². The van der Waals surface area contributed by atoms with Crippen LogP contribution in [0.3, 0.4) is 0 Å². The SMILES string of the molecule is CC[C@H](C)C[C@H](C)C[C@H](C)C[C@@H]1NC(=O)[C@H](C(C)C)N(C)C(=O)[C@@H]([C@H](C)CC)OC(=O)[C@H](C(C)(C)O)N(C)C(=O)[C@@H]2CC(C)CC(C)[C@@H](C(=O)N2)N(C)C(=O)C([C@H](C)CC)NC(=O)[C@@H]2CCCN2C(=O)CN(C)C1=O. The zero-order valence-corrected chi connectivity index (χ0v) is 49.0. The van der Waals surface area contributed by atoms with Gasteiger partial charge in [-0.2, -0.15) is 0 Å². The molecule has 0 aromatic heterocycles. The van der Waals surface area contributed by atoms with E-state index >= 15 is 0 Å². The summed E-state index contributed by atoms with van der Waals surface area (Å²) in [7, 11) is 5.73. The van der Waals surface area contributed by atoms with E-state index in [2.05, 4.69) is 36.7 Å². The summed E-state index contributed by atoms with van der Waals surface area (Å²) in [6.07, 6.45) is 3.75. The Morgan fingerprint density at radius 3 is 1.83 bits per heavy atom. The van der Waals surface area contributed by atoms with Crippen molar-refractivity contribution in [1.29, 1.82) is 0 Å². The molecular weight excluding hydrogens is 961 g/mol. The van der Waals surface area contributed by atoms with Crippen molar-refractivity contribution in [2.24, 2.45) is 47.3 Å². The molecular formula is C56H98N8O11. The highest BCUT2D eigenvalue weighted by molar-refractivity contribution is 5.98. The molecule has 3 heterocycles. The fourth-order valence-corrected chi connectivity index (χ4v) is 11.8. The second-order valence-corrected chi connectivity index (χ2v) is 24.2. The standard InChI is InChI=1S/C56H98N8O11/c1-19-32(6)25-33(7)26-34(8)28-39-51(69)60(15)30-42(65)64-24-22-23-41(64)48(66)59-43(36(10)20-2)53(71)62(17)45-38(12)27-35(9)29-40(58-50(45)68)52(70)63(18)47(56(13,14)74)55(73)75-46(37(11)21-3)54(72)61(16)44(31(4)5)49(67)57-39/h31-41,43-47,74H,19-30H2,1-18H3,(H,57,67)(H,58,68)(H,59,66)/t32-,33-,34-,35?,36+,37+,38?,39-,40-,41-,43?,44-,45-,46+,47+/m0/s1. The third-order valence-electron chi connectivity index (χ3n) is 16.5. The van der Waals surface area contributed by atoms with Gasteiger partial charge in [0.15, 0.2) is 12.1 Å². The van der Waals surface area contributed by atoms with Gasteiger partial charge in [0, 0.05) is 40.7 Å². The number of hydrogen-bond donors (Lipinski definition) is 4. The first kappa shape index (κ1) is 64.5. The van der Waals surface area contributed by atoms with Crippen molar-refractivity contribution in [1.82, 2.24) is 40.4 Å². The summed E-state index contributed by atoms with van der Waals surface area (Å²) in [4.78, 5) is 138. The van der Waals surface area contributed by atoms with E-state index in [-0.39, 0.29) is 31.2 Å². The third kappa shape index (κ3) is 16.6. The van der Waals surface area contributed by atoms with Crippen molar-refractivity contribution in [2.75, 3.05) is 41.3 Å². The number of rotatable bonds is 13. The summed E-state index contributed by atoms with van der Waals surface area (Å²) >= 11 is 0. The molecule has 2 bridgehead atoms. The van der Waals surface area contributed by atoms with E-state index < -0.39 is 137 Å². The van der Waals surface area contributed by atoms with Gasteiger partial charge in [0.05, 0.1) is 12.1 Å². The number of carbonyl (C=O) groups excluding carboxylic acids is 9. The Balaban J connectivity index is 2.26. The van der Waals surface area contributed by atoms with Gasteiger partial charge in [0.25, 0.3) is 5.91 Å². The molecule has 3 aliphatic rings. The molecule has 0 radical (unpaired) electrons. The quantitative estimate of drug-likeness (QED) is 0.189. The summed E-state index contributed by atoms with van der Waals surface area (Å²) < 4.78 is 6.07. The number of fused-ring (bicyclic) bond motifs is 4. The van der Waals surface area contributed by atoms with Crippen molar-refractivity contribution in [2.45, 2.75) is 215 Å². The molecule has 15 atom stereocenters. The number of aliphatic hydroxyl groups is 1. The van der Waals surface area contributed by atoms with Gasteiger partial charge in [-0.15, -0.1) is 0 Å². The van der Waals surface area contributed by atoms with E-state index in [1.165, 1.54) is 61.6 Å². The Morgan fingerprint density at radius 1 is 0.667 bits per heavy atom. The molecule has 0 saturated carbocycles. The number of cyclic esters (lactones) is 1. The predicted octanol–water partition coefficient (Wildman–Crippen LogP) is 4.37. The van der Waals surface area contributed by atoms with E-state index in [1.807, 2.05) is 41.5 Å². The molecule has 3 saturated heterocycles. The van der Waals surface area contributed by atoms with E-state index in [4.69, 9.17) is 4.74 Å². The summed E-state index contributed by atoms with van der Waals surface area (Å²) in [5, 5.41) is 20.4. The third-order valence-corrected chi connectivity index (χ3v) is 16.5. The number of nitrogens with one attached hydrogen (secondary N) is 3. The largest absolute Gasteiger partial charge is 0.450 e. The van der Waals surface area contributed by atoms with E-state index in [0.29, 0.717) is 43.9 Å². The minimum atomic E-state index is -1.94. The van der Waals surface area contributed by atoms with Crippen molar-refractivity contribution >= 4 is 53.2 Å². The van der Waals surface area contributed by atoms with Crippen LogP contribution < -0.4 is 16.0 Å². The summed E-state index contributed by atoms with van der Waals surface area (Å²) in [6, 6.07) is -8.32. The Labute approximate surface area is 449 Å². The topological polar surface area (TPSA) is 235 Å². The molecule has 19 heteroatoms. The van der Waals surface area contributed by atoms with Gasteiger partial charge in [-0.3, -0.25) is 38.4 Å². The zero-order valence-electron chi connectivity index (χ0n) is 49.0. The Hall–Kier alpha value is -4.81. The maximum absolute atomic E-state index is 14.8. The molecule has 0 spiro atoms. The van der Waals surface area contributed by atoms with Gasteiger partial charge in [-0.25, -0.2) is 4.79 Å². The van der Waals surface area contributed by atoms with Crippen molar-refractivity contribution in [3.8, 4) is 0 Å². The van der Waals surface area contributed by atoms with Crippen LogP contribution in [-0.4, -0.2) is 178 Å². The number of esters is 1. The first-order chi connectivity index (χ1) is 34.8. The van der Waals surface area contributed by atoms with Crippen LogP contribution in [0, 0.1) is 47.3 Å². The van der Waals surface area contributed by atoms with Gasteiger partial charge in [-0.1, -0.05) is 95.9 Å². The second kappa shape index (κ2) is 28.0. The molecule has 3 aliphatic heterocycles. The van der Waals surface area contributed by atoms with Crippen molar-refractivity contribution in [3.05, 3.63) is 0 Å². The lowest BCUT2D eigenvalue weighted by molar-refractivity contribution is -0.177. The van der Waals surface area contributed by atoms with Crippen LogP contribution in [-0.2, 0) is 47.9 Å². The van der Waals surface area contributed by atoms with Gasteiger partial charge < -0.3 is 50.3 Å². The van der Waals surface area contributed by atoms with Crippen LogP contribution >= 0.6 is 0 Å². The number of nitrogens with zero attached hydrogens (tertiary/aromatic N) is 5. The van der Waals surface area contributed by atoms with Crippen LogP contribution in [0.2, 0.25) is 0 Å². The maximum atomic E-state index is 14.8. The van der Waals surface area contributed by atoms with Gasteiger partial charge >= 0.3 is 5.97 Å². The van der Waals surface area contributed by atoms with E-state index in [0.717, 1.165) is 24.2 Å². The smallest absolute Gasteiger partial charge is 0.332 e. The minimum absolute atomic E-state index is 0.0526. The molecule has 4 N–H and O–H groups in total. The highest BCUT2D eigenvalue weighted by Crippen LogP contribution is 2.30.